The lowest BCUT2D eigenvalue weighted by molar-refractivity contribution is -0.211. The van der Waals surface area contributed by atoms with Gasteiger partial charge in [0, 0.05) is 9.82 Å². The molecule has 12 nitrogen and oxygen atoms in total. The third kappa shape index (κ3) is 6.41. The molecule has 2 aromatic carbocycles. The van der Waals surface area contributed by atoms with Gasteiger partial charge in [0.15, 0.2) is 12.6 Å². The summed E-state index contributed by atoms with van der Waals surface area (Å²) >= 11 is 0. The van der Waals surface area contributed by atoms with Crippen molar-refractivity contribution >= 4 is 0 Å². The molecule has 0 radical (unpaired) electrons. The Kier molecular flexibility index (Phi) is 9.53. The molecule has 2 aromatic rings. The molecule has 0 aliphatic carbocycles. The van der Waals surface area contributed by atoms with Gasteiger partial charge in [0.05, 0.1) is 38.6 Å². The molecule has 4 bridgehead atoms. The topological polar surface area (TPSA) is 153 Å². The first-order valence-corrected chi connectivity index (χ1v) is 13.5. The van der Waals surface area contributed by atoms with E-state index < -0.39 is 18.4 Å². The van der Waals surface area contributed by atoms with Gasteiger partial charge in [0.25, 0.3) is 0 Å². The van der Waals surface area contributed by atoms with E-state index in [2.05, 4.69) is 33.9 Å². The van der Waals surface area contributed by atoms with E-state index in [1.54, 1.807) is 0 Å². The smallest absolute Gasteiger partial charge is 0.169 e. The lowest BCUT2D eigenvalue weighted by Crippen LogP contribution is -2.55. The number of hydrogen-bond acceptors (Lipinski definition) is 8. The van der Waals surface area contributed by atoms with Gasteiger partial charge in [-0.05, 0) is 34.0 Å². The second-order valence-corrected chi connectivity index (χ2v) is 10.4. The molecule has 4 aliphatic heterocycles. The zero-order valence-electron chi connectivity index (χ0n) is 22.5. The molecule has 212 valence electrons. The summed E-state index contributed by atoms with van der Waals surface area (Å²) in [7, 11) is 0. The minimum absolute atomic E-state index is 0.168. The summed E-state index contributed by atoms with van der Waals surface area (Å²) in [4.78, 5) is 5.79. The summed E-state index contributed by atoms with van der Waals surface area (Å²) < 4.78 is 34.8. The number of nitrogens with zero attached hydrogens (tertiary/aromatic N) is 6. The predicted octanol–water partition coefficient (Wildman–Crippen LogP) is 5.28. The summed E-state index contributed by atoms with van der Waals surface area (Å²) in [6, 6.07) is 19.0. The Bertz CT molecular complexity index is 1190. The molecule has 40 heavy (non-hydrogen) atoms. The number of benzene rings is 2. The predicted molar refractivity (Wildman–Crippen MR) is 143 cm³/mol. The van der Waals surface area contributed by atoms with Crippen LogP contribution in [0.2, 0.25) is 0 Å². The van der Waals surface area contributed by atoms with Crippen molar-refractivity contribution in [1.29, 1.82) is 0 Å². The van der Waals surface area contributed by atoms with E-state index in [9.17, 15) is 0 Å². The molecule has 4 heterocycles. The van der Waals surface area contributed by atoms with Crippen LogP contribution in [0, 0.1) is 11.8 Å². The van der Waals surface area contributed by atoms with E-state index >= 15 is 0 Å². The minimum Gasteiger partial charge on any atom is -0.370 e. The summed E-state index contributed by atoms with van der Waals surface area (Å²) in [5, 5.41) is 7.61. The van der Waals surface area contributed by atoms with Crippen LogP contribution in [0.25, 0.3) is 20.9 Å². The maximum atomic E-state index is 8.99. The van der Waals surface area contributed by atoms with Crippen LogP contribution in [0.15, 0.2) is 70.9 Å². The first kappa shape index (κ1) is 28.4. The van der Waals surface area contributed by atoms with Crippen molar-refractivity contribution in [2.75, 3.05) is 13.2 Å². The van der Waals surface area contributed by atoms with Crippen LogP contribution in [0.4, 0.5) is 0 Å². The van der Waals surface area contributed by atoms with Crippen molar-refractivity contribution in [1.82, 2.24) is 0 Å². The minimum atomic E-state index is -0.599. The highest BCUT2D eigenvalue weighted by Gasteiger charge is 2.52. The van der Waals surface area contributed by atoms with Crippen molar-refractivity contribution in [2.24, 2.45) is 22.1 Å². The number of hydrogen-bond donors (Lipinski definition) is 0. The van der Waals surface area contributed by atoms with Gasteiger partial charge >= 0.3 is 0 Å². The first-order chi connectivity index (χ1) is 19.6. The highest BCUT2D eigenvalue weighted by Crippen LogP contribution is 2.38. The number of fused-ring (bicyclic) bond motifs is 4. The van der Waals surface area contributed by atoms with E-state index in [1.807, 2.05) is 60.7 Å². The summed E-state index contributed by atoms with van der Waals surface area (Å²) in [5.74, 6) is 0.733. The van der Waals surface area contributed by atoms with Gasteiger partial charge in [-0.3, -0.25) is 0 Å². The van der Waals surface area contributed by atoms with E-state index in [1.165, 1.54) is 0 Å². The SMILES string of the molecule is C[C@@H]1C2CO[C@H](O2)C(N=[N+]=[N-])[C@H]1C.[N-]=[N+]=NC1C2OCC(O2)C(OCc2ccccc2)[C@@H]1OCc1ccccc1. The monoisotopic (exact) mass is 550 g/mol. The van der Waals surface area contributed by atoms with Crippen LogP contribution in [0.3, 0.4) is 0 Å². The number of rotatable bonds is 8. The zero-order chi connectivity index (χ0) is 27.9. The van der Waals surface area contributed by atoms with Gasteiger partial charge < -0.3 is 28.4 Å². The molecular formula is C28H34N6O6. The van der Waals surface area contributed by atoms with Crippen molar-refractivity contribution in [3.8, 4) is 0 Å². The molecule has 4 fully saturated rings. The van der Waals surface area contributed by atoms with Gasteiger partial charge in [-0.2, -0.15) is 0 Å². The van der Waals surface area contributed by atoms with Crippen LogP contribution in [-0.4, -0.2) is 62.3 Å². The summed E-state index contributed by atoms with van der Waals surface area (Å²) in [5.41, 5.74) is 19.5. The van der Waals surface area contributed by atoms with Gasteiger partial charge in [0.1, 0.15) is 24.4 Å². The Hall–Kier alpha value is -3.18. The van der Waals surface area contributed by atoms with Gasteiger partial charge in [0.2, 0.25) is 0 Å². The summed E-state index contributed by atoms with van der Waals surface area (Å²) in [6.45, 7) is 6.04. The van der Waals surface area contributed by atoms with E-state index in [0.717, 1.165) is 11.1 Å². The molecule has 0 spiro atoms. The summed E-state index contributed by atoms with van der Waals surface area (Å²) in [6.07, 6.45) is -1.80. The number of azide groups is 2. The fourth-order valence-electron chi connectivity index (χ4n) is 5.47. The van der Waals surface area contributed by atoms with E-state index in [4.69, 9.17) is 39.5 Å². The molecule has 12 heteroatoms. The third-order valence-electron chi connectivity index (χ3n) is 7.95. The molecule has 0 aromatic heterocycles. The Morgan fingerprint density at radius 1 is 0.700 bits per heavy atom. The number of ether oxygens (including phenoxy) is 6. The lowest BCUT2D eigenvalue weighted by Gasteiger charge is -2.38. The van der Waals surface area contributed by atoms with E-state index in [-0.39, 0.29) is 30.6 Å². The molecule has 0 amide bonds. The molecular weight excluding hydrogens is 516 g/mol. The maximum absolute atomic E-state index is 8.99. The molecule has 0 saturated carbocycles. The van der Waals surface area contributed by atoms with Gasteiger partial charge in [-0.25, -0.2) is 0 Å². The average molecular weight is 551 g/mol. The Labute approximate surface area is 232 Å². The molecule has 4 saturated heterocycles. The second-order valence-electron chi connectivity index (χ2n) is 10.4. The molecule has 4 aliphatic rings. The van der Waals surface area contributed by atoms with Crippen molar-refractivity contribution < 1.29 is 28.4 Å². The highest BCUT2D eigenvalue weighted by atomic mass is 16.7. The van der Waals surface area contributed by atoms with Crippen LogP contribution in [0.5, 0.6) is 0 Å². The van der Waals surface area contributed by atoms with Crippen LogP contribution in [-0.2, 0) is 41.6 Å². The fourth-order valence-corrected chi connectivity index (χ4v) is 5.47. The third-order valence-corrected chi connectivity index (χ3v) is 7.95. The fraction of sp³-hybridized carbons (Fsp3) is 0.571. The van der Waals surface area contributed by atoms with E-state index in [0.29, 0.717) is 38.3 Å². The van der Waals surface area contributed by atoms with Gasteiger partial charge in [-0.15, -0.1) is 0 Å². The maximum Gasteiger partial charge on any atom is 0.169 e. The molecule has 10 atom stereocenters. The molecule has 6 rings (SSSR count). The first-order valence-electron chi connectivity index (χ1n) is 13.5. The standard InChI is InChI=1S/C20H21N3O4.C8H13N3O2/c21-23-22-17-19(25-12-15-9-5-2-6-10-15)18(16-13-26-20(17)27-16)24-11-14-7-3-1-4-8-14;1-4-5(2)7(10-11-9)8-12-3-6(4)13-8/h1-10,16-20H,11-13H2;4-8H,3H2,1-2H3/t16?,17?,18?,19-,20?;4-,5-,6?,7?,8+/m10/s1. The van der Waals surface area contributed by atoms with Crippen molar-refractivity contribution in [2.45, 2.75) is 76.1 Å². The lowest BCUT2D eigenvalue weighted by atomic mass is 9.84. The highest BCUT2D eigenvalue weighted by molar-refractivity contribution is 5.15. The van der Waals surface area contributed by atoms with Crippen molar-refractivity contribution in [3.05, 3.63) is 92.7 Å². The Balaban J connectivity index is 0.000000207. The zero-order valence-corrected chi connectivity index (χ0v) is 22.5. The average Bonchev–Trinajstić information content (AvgIpc) is 3.63. The second kappa shape index (κ2) is 13.5. The Morgan fingerprint density at radius 3 is 1.80 bits per heavy atom. The normalized spacial score (nSPS) is 35.5. The largest absolute Gasteiger partial charge is 0.370 e. The van der Waals surface area contributed by atoms with Crippen LogP contribution < -0.4 is 0 Å². The molecule has 0 N–H and O–H groups in total. The van der Waals surface area contributed by atoms with Crippen LogP contribution >= 0.6 is 0 Å². The quantitative estimate of drug-likeness (QED) is 0.247. The van der Waals surface area contributed by atoms with Gasteiger partial charge in [-0.1, -0.05) is 84.7 Å². The molecule has 6 unspecified atom stereocenters. The van der Waals surface area contributed by atoms with Crippen molar-refractivity contribution in [3.63, 3.8) is 0 Å². The Morgan fingerprint density at radius 2 is 1.20 bits per heavy atom. The van der Waals surface area contributed by atoms with Crippen LogP contribution in [0.1, 0.15) is 25.0 Å².